The van der Waals surface area contributed by atoms with E-state index in [4.69, 9.17) is 0 Å². The summed E-state index contributed by atoms with van der Waals surface area (Å²) in [6.07, 6.45) is -2.83. The van der Waals surface area contributed by atoms with E-state index in [0.717, 1.165) is 29.8 Å². The Bertz CT molecular complexity index is 1070. The Kier molecular flexibility index (Phi) is 7.74. The molecule has 34 heavy (non-hydrogen) atoms. The lowest BCUT2D eigenvalue weighted by Crippen LogP contribution is -2.46. The van der Waals surface area contributed by atoms with Crippen molar-refractivity contribution in [3.63, 3.8) is 0 Å². The minimum Gasteiger partial charge on any atom is -0.388 e. The van der Waals surface area contributed by atoms with Crippen molar-refractivity contribution < 1.29 is 31.5 Å². The lowest BCUT2D eigenvalue weighted by Gasteiger charge is -2.34. The molecule has 0 unspecified atom stereocenters. The number of nitrogens with one attached hydrogen (secondary N) is 2. The number of carbonyl (C=O) groups excluding carboxylic acids is 1. The summed E-state index contributed by atoms with van der Waals surface area (Å²) in [5.41, 5.74) is -1.33. The van der Waals surface area contributed by atoms with Crippen molar-refractivity contribution >= 4 is 15.9 Å². The van der Waals surface area contributed by atoms with Gasteiger partial charge in [-0.3, -0.25) is 4.79 Å². The predicted molar refractivity (Wildman–Crippen MR) is 121 cm³/mol. The zero-order valence-corrected chi connectivity index (χ0v) is 19.8. The van der Waals surface area contributed by atoms with E-state index in [1.54, 1.807) is 13.8 Å². The van der Waals surface area contributed by atoms with Crippen LogP contribution in [0.4, 0.5) is 13.2 Å². The Morgan fingerprint density at radius 1 is 0.971 bits per heavy atom. The number of sulfonamides is 1. The van der Waals surface area contributed by atoms with Crippen LogP contribution in [0.2, 0.25) is 0 Å². The van der Waals surface area contributed by atoms with E-state index in [2.05, 4.69) is 10.0 Å². The normalized spacial score (nSPS) is 20.5. The fourth-order valence-electron chi connectivity index (χ4n) is 4.16. The van der Waals surface area contributed by atoms with Gasteiger partial charge >= 0.3 is 6.18 Å². The Morgan fingerprint density at radius 2 is 1.53 bits per heavy atom. The molecule has 3 N–H and O–H groups in total. The Hall–Kier alpha value is -2.43. The molecule has 0 heterocycles. The molecule has 0 aromatic heterocycles. The van der Waals surface area contributed by atoms with Crippen LogP contribution in [0.15, 0.2) is 59.5 Å². The quantitative estimate of drug-likeness (QED) is 0.534. The second kappa shape index (κ2) is 10.1. The number of hydrogen-bond acceptors (Lipinski definition) is 4. The van der Waals surface area contributed by atoms with Crippen LogP contribution in [0, 0.1) is 5.92 Å². The maximum absolute atomic E-state index is 12.9. The van der Waals surface area contributed by atoms with Crippen molar-refractivity contribution in [2.75, 3.05) is 0 Å². The second-order valence-corrected chi connectivity index (χ2v) is 10.9. The highest BCUT2D eigenvalue weighted by Gasteiger charge is 2.35. The maximum atomic E-state index is 12.9. The summed E-state index contributed by atoms with van der Waals surface area (Å²) in [6.45, 7) is 3.25. The lowest BCUT2D eigenvalue weighted by molar-refractivity contribution is -0.137. The van der Waals surface area contributed by atoms with Crippen LogP contribution < -0.4 is 10.0 Å². The first-order chi connectivity index (χ1) is 15.8. The van der Waals surface area contributed by atoms with Gasteiger partial charge in [0.25, 0.3) is 0 Å². The van der Waals surface area contributed by atoms with Gasteiger partial charge in [-0.2, -0.15) is 13.2 Å². The average molecular weight is 499 g/mol. The number of carbonyl (C=O) groups is 1. The molecule has 1 aliphatic carbocycles. The highest BCUT2D eigenvalue weighted by molar-refractivity contribution is 7.89. The van der Waals surface area contributed by atoms with E-state index in [0.29, 0.717) is 25.7 Å². The highest BCUT2D eigenvalue weighted by atomic mass is 32.2. The molecule has 1 atom stereocenters. The predicted octanol–water partition coefficient (Wildman–Crippen LogP) is 4.17. The van der Waals surface area contributed by atoms with Gasteiger partial charge in [0.05, 0.1) is 22.1 Å². The third-order valence-electron chi connectivity index (χ3n) is 6.04. The summed E-state index contributed by atoms with van der Waals surface area (Å²) in [4.78, 5) is 12.7. The fourth-order valence-corrected chi connectivity index (χ4v) is 5.46. The molecule has 2 aromatic rings. The van der Waals surface area contributed by atoms with Crippen molar-refractivity contribution in [2.24, 2.45) is 5.92 Å². The average Bonchev–Trinajstić information content (AvgIpc) is 2.77. The number of rotatable bonds is 7. The summed E-state index contributed by atoms with van der Waals surface area (Å²) in [7, 11) is -3.99. The third kappa shape index (κ3) is 6.58. The van der Waals surface area contributed by atoms with Crippen LogP contribution >= 0.6 is 0 Å². The highest BCUT2D eigenvalue weighted by Crippen LogP contribution is 2.31. The monoisotopic (exact) mass is 498 g/mol. The molecule has 0 bridgehead atoms. The maximum Gasteiger partial charge on any atom is 0.416 e. The van der Waals surface area contributed by atoms with E-state index < -0.39 is 39.4 Å². The summed E-state index contributed by atoms with van der Waals surface area (Å²) in [6, 6.07) is 11.5. The van der Waals surface area contributed by atoms with Crippen LogP contribution in [-0.4, -0.2) is 31.1 Å². The van der Waals surface area contributed by atoms with Crippen molar-refractivity contribution in [2.45, 2.75) is 68.3 Å². The smallest absolute Gasteiger partial charge is 0.388 e. The molecule has 0 aliphatic heterocycles. The molecule has 3 rings (SSSR count). The van der Waals surface area contributed by atoms with E-state index in [1.807, 2.05) is 30.3 Å². The standard InChI is InChI=1S/C24H29F3N2O4S/c1-23(2,31)21(16-6-4-3-5-7-16)28-22(30)17-8-12-19(13-9-17)29-34(32,33)20-14-10-18(11-15-20)24(25,26)27/h3-7,10-11,14-15,17,19,21,29,31H,8-9,12-13H2,1-2H3,(H,28,30)/t17?,19?,21-/m1/s1. The van der Waals surface area contributed by atoms with E-state index >= 15 is 0 Å². The molecule has 1 saturated carbocycles. The first-order valence-corrected chi connectivity index (χ1v) is 12.5. The fraction of sp³-hybridized carbons (Fsp3) is 0.458. The van der Waals surface area contributed by atoms with Crippen LogP contribution in [0.1, 0.15) is 56.7 Å². The number of amides is 1. The molecule has 186 valence electrons. The van der Waals surface area contributed by atoms with Gasteiger partial charge in [0.15, 0.2) is 0 Å². The zero-order chi connectivity index (χ0) is 25.1. The van der Waals surface area contributed by atoms with Gasteiger partial charge in [0.1, 0.15) is 0 Å². The summed E-state index contributed by atoms with van der Waals surface area (Å²) in [5.74, 6) is -0.541. The second-order valence-electron chi connectivity index (χ2n) is 9.20. The first kappa shape index (κ1) is 26.2. The summed E-state index contributed by atoms with van der Waals surface area (Å²) < 4.78 is 65.9. The third-order valence-corrected chi connectivity index (χ3v) is 7.57. The lowest BCUT2D eigenvalue weighted by atomic mass is 9.84. The molecular formula is C24H29F3N2O4S. The van der Waals surface area contributed by atoms with Gasteiger partial charge in [0.2, 0.25) is 15.9 Å². The van der Waals surface area contributed by atoms with Crippen LogP contribution in [0.3, 0.4) is 0 Å². The molecular weight excluding hydrogens is 469 g/mol. The minimum absolute atomic E-state index is 0.208. The van der Waals surface area contributed by atoms with Crippen LogP contribution in [0.5, 0.6) is 0 Å². The largest absolute Gasteiger partial charge is 0.416 e. The molecule has 1 aliphatic rings. The van der Waals surface area contributed by atoms with E-state index in [-0.39, 0.29) is 16.7 Å². The van der Waals surface area contributed by atoms with Crippen LogP contribution in [-0.2, 0) is 21.0 Å². The van der Waals surface area contributed by atoms with Gasteiger partial charge in [0, 0.05) is 12.0 Å². The number of halogens is 3. The number of aliphatic hydroxyl groups is 1. The van der Waals surface area contributed by atoms with Gasteiger partial charge in [-0.1, -0.05) is 30.3 Å². The molecule has 10 heteroatoms. The van der Waals surface area contributed by atoms with Crippen LogP contribution in [0.25, 0.3) is 0 Å². The minimum atomic E-state index is -4.54. The topological polar surface area (TPSA) is 95.5 Å². The van der Waals surface area contributed by atoms with Gasteiger partial charge in [-0.25, -0.2) is 13.1 Å². The Balaban J connectivity index is 1.58. The van der Waals surface area contributed by atoms with Crippen molar-refractivity contribution in [1.29, 1.82) is 0 Å². The van der Waals surface area contributed by atoms with Crippen molar-refractivity contribution in [1.82, 2.24) is 10.0 Å². The SMILES string of the molecule is CC(C)(O)[C@H](NC(=O)C1CCC(NS(=O)(=O)c2ccc(C(F)(F)F)cc2)CC1)c1ccccc1. The summed E-state index contributed by atoms with van der Waals surface area (Å²) >= 11 is 0. The van der Waals surface area contributed by atoms with E-state index in [9.17, 15) is 31.5 Å². The molecule has 1 amide bonds. The van der Waals surface area contributed by atoms with Gasteiger partial charge < -0.3 is 10.4 Å². The Labute approximate surface area is 197 Å². The molecule has 1 fully saturated rings. The number of alkyl halides is 3. The van der Waals surface area contributed by atoms with Crippen molar-refractivity contribution in [3.05, 3.63) is 65.7 Å². The number of benzene rings is 2. The zero-order valence-electron chi connectivity index (χ0n) is 19.0. The first-order valence-electron chi connectivity index (χ1n) is 11.0. The Morgan fingerprint density at radius 3 is 2.03 bits per heavy atom. The number of hydrogen-bond donors (Lipinski definition) is 3. The summed E-state index contributed by atoms with van der Waals surface area (Å²) in [5, 5.41) is 13.5. The van der Waals surface area contributed by atoms with Gasteiger partial charge in [-0.15, -0.1) is 0 Å². The van der Waals surface area contributed by atoms with Gasteiger partial charge in [-0.05, 0) is 69.4 Å². The molecule has 2 aromatic carbocycles. The molecule has 0 saturated heterocycles. The van der Waals surface area contributed by atoms with Crippen molar-refractivity contribution in [3.8, 4) is 0 Å². The van der Waals surface area contributed by atoms with E-state index in [1.165, 1.54) is 0 Å². The molecule has 0 radical (unpaired) electrons. The molecule has 6 nitrogen and oxygen atoms in total. The molecule has 0 spiro atoms.